The Bertz CT molecular complexity index is 537. The minimum Gasteiger partial charge on any atom is -0.271 e. The third-order valence-electron chi connectivity index (χ3n) is 4.17. The van der Waals surface area contributed by atoms with Crippen molar-refractivity contribution in [3.05, 3.63) is 47.8 Å². The summed E-state index contributed by atoms with van der Waals surface area (Å²) >= 11 is 0. The highest BCUT2D eigenvalue weighted by molar-refractivity contribution is 5.23. The van der Waals surface area contributed by atoms with Gasteiger partial charge in [-0.15, -0.1) is 5.10 Å². The van der Waals surface area contributed by atoms with Gasteiger partial charge in [-0.05, 0) is 11.5 Å². The number of aromatic nitrogens is 3. The van der Waals surface area contributed by atoms with Crippen LogP contribution in [0.15, 0.2) is 36.5 Å². The summed E-state index contributed by atoms with van der Waals surface area (Å²) in [7, 11) is 1.88. The van der Waals surface area contributed by atoms with Gasteiger partial charge in [0.25, 0.3) is 0 Å². The van der Waals surface area contributed by atoms with Gasteiger partial charge in [-0.2, -0.15) is 0 Å². The lowest BCUT2D eigenvalue weighted by Crippen LogP contribution is -2.43. The van der Waals surface area contributed by atoms with Crippen molar-refractivity contribution in [1.82, 2.24) is 20.4 Å². The Labute approximate surface area is 126 Å². The van der Waals surface area contributed by atoms with Gasteiger partial charge in [-0.3, -0.25) is 16.0 Å². The van der Waals surface area contributed by atoms with E-state index < -0.39 is 0 Å². The van der Waals surface area contributed by atoms with Crippen LogP contribution in [0.25, 0.3) is 0 Å². The van der Waals surface area contributed by atoms with Crippen LogP contribution in [-0.2, 0) is 13.5 Å². The number of benzene rings is 1. The molecule has 3 unspecified atom stereocenters. The van der Waals surface area contributed by atoms with Crippen LogP contribution < -0.4 is 11.3 Å². The molecule has 0 radical (unpaired) electrons. The molecule has 0 saturated heterocycles. The molecule has 0 bridgehead atoms. The van der Waals surface area contributed by atoms with Gasteiger partial charge < -0.3 is 0 Å². The van der Waals surface area contributed by atoms with Crippen molar-refractivity contribution in [1.29, 1.82) is 0 Å². The molecule has 0 amide bonds. The lowest BCUT2D eigenvalue weighted by molar-refractivity contribution is 0.333. The zero-order valence-corrected chi connectivity index (χ0v) is 13.0. The normalized spacial score (nSPS) is 15.6. The molecule has 5 nitrogen and oxygen atoms in total. The summed E-state index contributed by atoms with van der Waals surface area (Å²) in [5.41, 5.74) is 5.28. The fourth-order valence-electron chi connectivity index (χ4n) is 2.89. The molecule has 1 aromatic heterocycles. The molecule has 2 aromatic rings. The van der Waals surface area contributed by atoms with E-state index in [-0.39, 0.29) is 6.04 Å². The van der Waals surface area contributed by atoms with E-state index in [4.69, 9.17) is 5.84 Å². The first-order chi connectivity index (χ1) is 10.2. The minimum atomic E-state index is 0.138. The van der Waals surface area contributed by atoms with Crippen LogP contribution in [0.1, 0.15) is 37.4 Å². The number of hydrazine groups is 1. The number of nitrogens with one attached hydrogen (secondary N) is 1. The standard InChI is InChI=1S/C16H25N5/c1-4-12(2)16(13-8-6-5-7-9-13)15(18-17)10-14-11-21(3)20-19-14/h5-9,11-12,15-16,18H,4,10,17H2,1-3H3. The number of nitrogens with zero attached hydrogens (tertiary/aromatic N) is 3. The average molecular weight is 287 g/mol. The monoisotopic (exact) mass is 287 g/mol. The van der Waals surface area contributed by atoms with Crippen LogP contribution in [0.5, 0.6) is 0 Å². The van der Waals surface area contributed by atoms with Crippen LogP contribution >= 0.6 is 0 Å². The fraction of sp³-hybridized carbons (Fsp3) is 0.500. The summed E-state index contributed by atoms with van der Waals surface area (Å²) in [6.07, 6.45) is 3.83. The van der Waals surface area contributed by atoms with E-state index in [0.717, 1.165) is 18.5 Å². The molecule has 3 atom stereocenters. The van der Waals surface area contributed by atoms with Gasteiger partial charge in [0.05, 0.1) is 5.69 Å². The second kappa shape index (κ2) is 7.33. The van der Waals surface area contributed by atoms with Crippen molar-refractivity contribution in [2.45, 2.75) is 38.6 Å². The highest BCUT2D eigenvalue weighted by Crippen LogP contribution is 2.31. The molecule has 1 heterocycles. The van der Waals surface area contributed by atoms with E-state index in [1.165, 1.54) is 5.56 Å². The summed E-state index contributed by atoms with van der Waals surface area (Å²) < 4.78 is 1.73. The Morgan fingerprint density at radius 1 is 1.29 bits per heavy atom. The van der Waals surface area contributed by atoms with Crippen LogP contribution in [-0.4, -0.2) is 21.0 Å². The molecule has 0 saturated carbocycles. The van der Waals surface area contributed by atoms with Gasteiger partial charge in [-0.25, -0.2) is 0 Å². The summed E-state index contributed by atoms with van der Waals surface area (Å²) in [5, 5.41) is 8.18. The molecule has 0 spiro atoms. The Kier molecular flexibility index (Phi) is 5.47. The van der Waals surface area contributed by atoms with Crippen molar-refractivity contribution in [2.75, 3.05) is 0 Å². The smallest absolute Gasteiger partial charge is 0.0843 e. The Morgan fingerprint density at radius 2 is 2.00 bits per heavy atom. The molecule has 3 N–H and O–H groups in total. The molecular weight excluding hydrogens is 262 g/mol. The van der Waals surface area contributed by atoms with Crippen molar-refractivity contribution in [3.8, 4) is 0 Å². The largest absolute Gasteiger partial charge is 0.271 e. The Balaban J connectivity index is 2.24. The number of aryl methyl sites for hydroxylation is 1. The van der Waals surface area contributed by atoms with E-state index in [0.29, 0.717) is 11.8 Å². The van der Waals surface area contributed by atoms with E-state index in [9.17, 15) is 0 Å². The Hall–Kier alpha value is -1.72. The summed E-state index contributed by atoms with van der Waals surface area (Å²) in [4.78, 5) is 0. The predicted molar refractivity (Wildman–Crippen MR) is 84.5 cm³/mol. The van der Waals surface area contributed by atoms with E-state index in [2.05, 4.69) is 53.9 Å². The summed E-state index contributed by atoms with van der Waals surface area (Å²) in [6.45, 7) is 4.50. The molecule has 0 fully saturated rings. The van der Waals surface area contributed by atoms with Crippen LogP contribution in [0.4, 0.5) is 0 Å². The van der Waals surface area contributed by atoms with E-state index in [1.54, 1.807) is 4.68 Å². The van der Waals surface area contributed by atoms with Gasteiger partial charge in [0, 0.05) is 31.6 Å². The summed E-state index contributed by atoms with van der Waals surface area (Å²) in [6, 6.07) is 10.7. The maximum absolute atomic E-state index is 5.85. The topological polar surface area (TPSA) is 68.8 Å². The predicted octanol–water partition coefficient (Wildman–Crippen LogP) is 2.02. The van der Waals surface area contributed by atoms with Crippen molar-refractivity contribution >= 4 is 0 Å². The van der Waals surface area contributed by atoms with Gasteiger partial charge in [0.2, 0.25) is 0 Å². The van der Waals surface area contributed by atoms with Gasteiger partial charge in [-0.1, -0.05) is 55.8 Å². The highest BCUT2D eigenvalue weighted by atomic mass is 15.4. The molecule has 2 rings (SSSR count). The first-order valence-electron chi connectivity index (χ1n) is 7.52. The van der Waals surface area contributed by atoms with Crippen molar-refractivity contribution in [3.63, 3.8) is 0 Å². The second-order valence-corrected chi connectivity index (χ2v) is 5.68. The van der Waals surface area contributed by atoms with Crippen LogP contribution in [0.3, 0.4) is 0 Å². The zero-order chi connectivity index (χ0) is 15.2. The third-order valence-corrected chi connectivity index (χ3v) is 4.17. The summed E-state index contributed by atoms with van der Waals surface area (Å²) in [5.74, 6) is 6.74. The first-order valence-corrected chi connectivity index (χ1v) is 7.52. The molecule has 0 aliphatic rings. The van der Waals surface area contributed by atoms with Gasteiger partial charge >= 0.3 is 0 Å². The lowest BCUT2D eigenvalue weighted by Gasteiger charge is -2.31. The Morgan fingerprint density at radius 3 is 2.52 bits per heavy atom. The fourth-order valence-corrected chi connectivity index (χ4v) is 2.89. The maximum Gasteiger partial charge on any atom is 0.0843 e. The molecule has 114 valence electrons. The van der Waals surface area contributed by atoms with E-state index >= 15 is 0 Å². The first kappa shape index (κ1) is 15.7. The molecule has 1 aromatic carbocycles. The zero-order valence-electron chi connectivity index (χ0n) is 13.0. The lowest BCUT2D eigenvalue weighted by atomic mass is 9.79. The molecule has 5 heteroatoms. The quantitative estimate of drug-likeness (QED) is 0.604. The van der Waals surface area contributed by atoms with Crippen molar-refractivity contribution < 1.29 is 0 Å². The highest BCUT2D eigenvalue weighted by Gasteiger charge is 2.27. The molecule has 0 aliphatic carbocycles. The van der Waals surface area contributed by atoms with Crippen LogP contribution in [0.2, 0.25) is 0 Å². The third kappa shape index (κ3) is 3.89. The SMILES string of the molecule is CCC(C)C(c1ccccc1)C(Cc1cn(C)nn1)NN. The number of hydrogen-bond acceptors (Lipinski definition) is 4. The molecule has 21 heavy (non-hydrogen) atoms. The number of hydrogen-bond donors (Lipinski definition) is 2. The number of rotatable bonds is 7. The second-order valence-electron chi connectivity index (χ2n) is 5.68. The van der Waals surface area contributed by atoms with Crippen LogP contribution in [0, 0.1) is 5.92 Å². The molecule has 0 aliphatic heterocycles. The molecular formula is C16H25N5. The van der Waals surface area contributed by atoms with Crippen molar-refractivity contribution in [2.24, 2.45) is 18.8 Å². The van der Waals surface area contributed by atoms with E-state index in [1.807, 2.05) is 19.3 Å². The van der Waals surface area contributed by atoms with Gasteiger partial charge in [0.1, 0.15) is 0 Å². The van der Waals surface area contributed by atoms with Gasteiger partial charge in [0.15, 0.2) is 0 Å². The average Bonchev–Trinajstić information content (AvgIpc) is 2.92. The number of nitrogens with two attached hydrogens (primary N) is 1. The minimum absolute atomic E-state index is 0.138. The maximum atomic E-state index is 5.85.